The summed E-state index contributed by atoms with van der Waals surface area (Å²) in [6.45, 7) is 9.31. The molecule has 0 amide bonds. The van der Waals surface area contributed by atoms with Crippen LogP contribution < -0.4 is 5.73 Å². The smallest absolute Gasteiger partial charge is 0.0105 e. The predicted molar refractivity (Wildman–Crippen MR) is 66.9 cm³/mol. The average Bonchev–Trinajstić information content (AvgIpc) is 2.44. The second-order valence-corrected chi connectivity index (χ2v) is 6.07. The molecule has 0 aliphatic heterocycles. The van der Waals surface area contributed by atoms with Crippen molar-refractivity contribution in [2.75, 3.05) is 20.1 Å². The number of rotatable bonds is 5. The Kier molecular flexibility index (Phi) is 4.60. The SMILES string of the molecule is CC(C)CCN(C)CC1(C)CCCC1N. The van der Waals surface area contributed by atoms with Crippen molar-refractivity contribution in [3.8, 4) is 0 Å². The molecule has 0 saturated heterocycles. The van der Waals surface area contributed by atoms with E-state index in [9.17, 15) is 0 Å². The highest BCUT2D eigenvalue weighted by atomic mass is 15.1. The maximum absolute atomic E-state index is 6.19. The summed E-state index contributed by atoms with van der Waals surface area (Å²) in [5.41, 5.74) is 6.56. The molecule has 0 heterocycles. The lowest BCUT2D eigenvalue weighted by Crippen LogP contribution is -2.43. The first-order valence-electron chi connectivity index (χ1n) is 6.38. The van der Waals surface area contributed by atoms with Crippen LogP contribution in [0.1, 0.15) is 46.5 Å². The fraction of sp³-hybridized carbons (Fsp3) is 1.00. The van der Waals surface area contributed by atoms with Crippen LogP contribution in [0.2, 0.25) is 0 Å². The largest absolute Gasteiger partial charge is 0.327 e. The Labute approximate surface area is 95.2 Å². The zero-order valence-electron chi connectivity index (χ0n) is 10.9. The lowest BCUT2D eigenvalue weighted by Gasteiger charge is -2.34. The Balaban J connectivity index is 2.33. The van der Waals surface area contributed by atoms with Crippen molar-refractivity contribution < 1.29 is 0 Å². The quantitative estimate of drug-likeness (QED) is 0.758. The van der Waals surface area contributed by atoms with Crippen LogP contribution in [-0.4, -0.2) is 31.1 Å². The predicted octanol–water partition coefficient (Wildman–Crippen LogP) is 2.48. The van der Waals surface area contributed by atoms with Gasteiger partial charge in [-0.05, 0) is 44.2 Å². The minimum Gasteiger partial charge on any atom is -0.327 e. The van der Waals surface area contributed by atoms with E-state index in [0.717, 1.165) is 5.92 Å². The highest BCUT2D eigenvalue weighted by Crippen LogP contribution is 2.37. The summed E-state index contributed by atoms with van der Waals surface area (Å²) in [5, 5.41) is 0. The van der Waals surface area contributed by atoms with Gasteiger partial charge in [0.05, 0.1) is 0 Å². The summed E-state index contributed by atoms with van der Waals surface area (Å²) in [5.74, 6) is 0.803. The van der Waals surface area contributed by atoms with Crippen molar-refractivity contribution in [1.29, 1.82) is 0 Å². The molecule has 0 bridgehead atoms. The maximum Gasteiger partial charge on any atom is 0.0105 e. The molecule has 1 aliphatic carbocycles. The van der Waals surface area contributed by atoms with Gasteiger partial charge in [-0.2, -0.15) is 0 Å². The van der Waals surface area contributed by atoms with Gasteiger partial charge in [-0.15, -0.1) is 0 Å². The highest BCUT2D eigenvalue weighted by molar-refractivity contribution is 4.93. The summed E-state index contributed by atoms with van der Waals surface area (Å²) in [6.07, 6.45) is 5.13. The van der Waals surface area contributed by atoms with E-state index in [0.29, 0.717) is 11.5 Å². The van der Waals surface area contributed by atoms with E-state index in [1.54, 1.807) is 0 Å². The summed E-state index contributed by atoms with van der Waals surface area (Å²) in [4.78, 5) is 2.46. The van der Waals surface area contributed by atoms with Gasteiger partial charge in [0.1, 0.15) is 0 Å². The van der Waals surface area contributed by atoms with Crippen LogP contribution in [0.3, 0.4) is 0 Å². The number of nitrogens with zero attached hydrogens (tertiary/aromatic N) is 1. The monoisotopic (exact) mass is 212 g/mol. The van der Waals surface area contributed by atoms with Gasteiger partial charge in [0.15, 0.2) is 0 Å². The minimum atomic E-state index is 0.367. The molecule has 0 aromatic rings. The third kappa shape index (κ3) is 3.76. The Morgan fingerprint density at radius 2 is 2.13 bits per heavy atom. The van der Waals surface area contributed by atoms with Crippen molar-refractivity contribution in [1.82, 2.24) is 4.90 Å². The first-order valence-corrected chi connectivity index (χ1v) is 6.38. The second-order valence-electron chi connectivity index (χ2n) is 6.07. The molecule has 90 valence electrons. The fourth-order valence-electron chi connectivity index (χ4n) is 2.63. The molecule has 15 heavy (non-hydrogen) atoms. The van der Waals surface area contributed by atoms with E-state index in [-0.39, 0.29) is 0 Å². The molecule has 1 fully saturated rings. The van der Waals surface area contributed by atoms with Gasteiger partial charge in [0.25, 0.3) is 0 Å². The van der Waals surface area contributed by atoms with Crippen LogP contribution >= 0.6 is 0 Å². The van der Waals surface area contributed by atoms with Crippen molar-refractivity contribution in [2.45, 2.75) is 52.5 Å². The Morgan fingerprint density at radius 3 is 2.60 bits per heavy atom. The fourth-order valence-corrected chi connectivity index (χ4v) is 2.63. The Morgan fingerprint density at radius 1 is 1.47 bits per heavy atom. The minimum absolute atomic E-state index is 0.367. The van der Waals surface area contributed by atoms with E-state index >= 15 is 0 Å². The van der Waals surface area contributed by atoms with E-state index in [4.69, 9.17) is 5.73 Å². The topological polar surface area (TPSA) is 29.3 Å². The molecule has 0 aromatic heterocycles. The van der Waals surface area contributed by atoms with Gasteiger partial charge in [0.2, 0.25) is 0 Å². The van der Waals surface area contributed by atoms with Crippen LogP contribution in [0, 0.1) is 11.3 Å². The zero-order chi connectivity index (χ0) is 11.5. The van der Waals surface area contributed by atoms with Crippen molar-refractivity contribution in [3.05, 3.63) is 0 Å². The van der Waals surface area contributed by atoms with Gasteiger partial charge in [-0.3, -0.25) is 0 Å². The van der Waals surface area contributed by atoms with Crippen LogP contribution in [0.25, 0.3) is 0 Å². The van der Waals surface area contributed by atoms with Crippen LogP contribution in [-0.2, 0) is 0 Å². The molecule has 1 saturated carbocycles. The molecular weight excluding hydrogens is 184 g/mol. The standard InChI is InChI=1S/C13H28N2/c1-11(2)7-9-15(4)10-13(3)8-5-6-12(13)14/h11-12H,5-10,14H2,1-4H3. The molecule has 2 heteroatoms. The Hall–Kier alpha value is -0.0800. The zero-order valence-corrected chi connectivity index (χ0v) is 10.9. The van der Waals surface area contributed by atoms with Gasteiger partial charge in [-0.25, -0.2) is 0 Å². The maximum atomic E-state index is 6.19. The van der Waals surface area contributed by atoms with E-state index in [1.807, 2.05) is 0 Å². The van der Waals surface area contributed by atoms with Crippen LogP contribution in [0.4, 0.5) is 0 Å². The molecule has 0 spiro atoms. The third-order valence-electron chi connectivity index (χ3n) is 3.88. The number of nitrogens with two attached hydrogens (primary N) is 1. The van der Waals surface area contributed by atoms with Crippen molar-refractivity contribution in [2.24, 2.45) is 17.1 Å². The van der Waals surface area contributed by atoms with Gasteiger partial charge in [-0.1, -0.05) is 27.2 Å². The molecule has 2 N–H and O–H groups in total. The molecule has 0 aromatic carbocycles. The lowest BCUT2D eigenvalue weighted by atomic mass is 9.84. The van der Waals surface area contributed by atoms with Crippen LogP contribution in [0.5, 0.6) is 0 Å². The Bertz CT molecular complexity index is 191. The van der Waals surface area contributed by atoms with Crippen molar-refractivity contribution in [3.63, 3.8) is 0 Å². The van der Waals surface area contributed by atoms with Gasteiger partial charge >= 0.3 is 0 Å². The van der Waals surface area contributed by atoms with E-state index in [1.165, 1.54) is 38.8 Å². The molecule has 0 radical (unpaired) electrons. The first-order chi connectivity index (χ1) is 6.94. The van der Waals surface area contributed by atoms with E-state index < -0.39 is 0 Å². The summed E-state index contributed by atoms with van der Waals surface area (Å²) >= 11 is 0. The summed E-state index contributed by atoms with van der Waals surface area (Å²) in [6, 6.07) is 0.416. The second kappa shape index (κ2) is 5.31. The van der Waals surface area contributed by atoms with Gasteiger partial charge in [0, 0.05) is 12.6 Å². The lowest BCUT2D eigenvalue weighted by molar-refractivity contribution is 0.172. The molecule has 2 nitrogen and oxygen atoms in total. The molecule has 1 aliphatic rings. The molecular formula is C13H28N2. The average molecular weight is 212 g/mol. The molecule has 1 rings (SSSR count). The summed E-state index contributed by atoms with van der Waals surface area (Å²) < 4.78 is 0. The van der Waals surface area contributed by atoms with Crippen LogP contribution in [0.15, 0.2) is 0 Å². The van der Waals surface area contributed by atoms with Crippen molar-refractivity contribution >= 4 is 0 Å². The van der Waals surface area contributed by atoms with E-state index in [2.05, 4.69) is 32.7 Å². The first kappa shape index (κ1) is 13.0. The normalized spacial score (nSPS) is 31.8. The third-order valence-corrected chi connectivity index (χ3v) is 3.88. The van der Waals surface area contributed by atoms with Gasteiger partial charge < -0.3 is 10.6 Å². The molecule has 2 atom stereocenters. The molecule has 2 unspecified atom stereocenters. The summed E-state index contributed by atoms with van der Waals surface area (Å²) in [7, 11) is 2.23. The highest BCUT2D eigenvalue weighted by Gasteiger charge is 2.36. The number of hydrogen-bond acceptors (Lipinski definition) is 2. The number of hydrogen-bond donors (Lipinski definition) is 1.